The Bertz CT molecular complexity index is 626. The van der Waals surface area contributed by atoms with Crippen molar-refractivity contribution < 1.29 is 0 Å². The standard InChI is InChI=1S/C18H28N6.HI/c1-4-23(3)13-11-20-18(19-2)21-14-16-8-5-6-9-17(16)15-24-12-7-10-22-24;/h5-10,12H,4,11,13-15H2,1-3H3,(H2,19,20,21);1H. The van der Waals surface area contributed by atoms with Gasteiger partial charge in [0.25, 0.3) is 0 Å². The Balaban J connectivity index is 0.00000312. The fourth-order valence-electron chi connectivity index (χ4n) is 2.38. The monoisotopic (exact) mass is 456 g/mol. The van der Waals surface area contributed by atoms with Crippen molar-refractivity contribution in [3.8, 4) is 0 Å². The van der Waals surface area contributed by atoms with Crippen molar-refractivity contribution in [1.82, 2.24) is 25.3 Å². The zero-order valence-corrected chi connectivity index (χ0v) is 17.6. The van der Waals surface area contributed by atoms with Crippen LogP contribution in [0.4, 0.5) is 0 Å². The molecule has 0 amide bonds. The number of nitrogens with one attached hydrogen (secondary N) is 2. The third-order valence-electron chi connectivity index (χ3n) is 4.01. The van der Waals surface area contributed by atoms with Crippen LogP contribution in [0, 0.1) is 0 Å². The first-order chi connectivity index (χ1) is 11.7. The van der Waals surface area contributed by atoms with Crippen LogP contribution in [0.5, 0.6) is 0 Å². The smallest absolute Gasteiger partial charge is 0.191 e. The lowest BCUT2D eigenvalue weighted by molar-refractivity contribution is 0.357. The van der Waals surface area contributed by atoms with E-state index >= 15 is 0 Å². The van der Waals surface area contributed by atoms with Crippen molar-refractivity contribution >= 4 is 29.9 Å². The fraction of sp³-hybridized carbons (Fsp3) is 0.444. The average molecular weight is 456 g/mol. The Labute approximate surface area is 167 Å². The maximum Gasteiger partial charge on any atom is 0.191 e. The molecule has 0 aliphatic heterocycles. The van der Waals surface area contributed by atoms with E-state index in [1.165, 1.54) is 11.1 Å². The second-order valence-corrected chi connectivity index (χ2v) is 5.72. The molecule has 1 aromatic heterocycles. The largest absolute Gasteiger partial charge is 0.355 e. The molecule has 0 spiro atoms. The van der Waals surface area contributed by atoms with Crippen molar-refractivity contribution in [3.05, 3.63) is 53.9 Å². The van der Waals surface area contributed by atoms with Gasteiger partial charge in [0.1, 0.15) is 0 Å². The third kappa shape index (κ3) is 7.43. The van der Waals surface area contributed by atoms with Crippen LogP contribution in [0.2, 0.25) is 0 Å². The zero-order chi connectivity index (χ0) is 17.2. The van der Waals surface area contributed by atoms with Gasteiger partial charge >= 0.3 is 0 Å². The molecule has 0 atom stereocenters. The van der Waals surface area contributed by atoms with E-state index in [9.17, 15) is 0 Å². The van der Waals surface area contributed by atoms with Gasteiger partial charge in [-0.2, -0.15) is 5.10 Å². The molecule has 6 nitrogen and oxygen atoms in total. The first kappa shape index (κ1) is 21.4. The number of nitrogens with zero attached hydrogens (tertiary/aromatic N) is 4. The summed E-state index contributed by atoms with van der Waals surface area (Å²) in [6, 6.07) is 10.4. The predicted molar refractivity (Wildman–Crippen MR) is 115 cm³/mol. The number of halogens is 1. The molecule has 0 unspecified atom stereocenters. The van der Waals surface area contributed by atoms with Crippen LogP contribution in [-0.4, -0.2) is 54.4 Å². The second kappa shape index (κ2) is 11.9. The van der Waals surface area contributed by atoms with Crippen LogP contribution in [0.3, 0.4) is 0 Å². The van der Waals surface area contributed by atoms with Crippen molar-refractivity contribution in [3.63, 3.8) is 0 Å². The van der Waals surface area contributed by atoms with Gasteiger partial charge in [-0.05, 0) is 30.8 Å². The summed E-state index contributed by atoms with van der Waals surface area (Å²) < 4.78 is 1.94. The Morgan fingerprint density at radius 3 is 2.60 bits per heavy atom. The van der Waals surface area contributed by atoms with Gasteiger partial charge in [0.15, 0.2) is 5.96 Å². The highest BCUT2D eigenvalue weighted by molar-refractivity contribution is 14.0. The molecule has 1 aromatic carbocycles. The summed E-state index contributed by atoms with van der Waals surface area (Å²) in [5, 5.41) is 11.0. The van der Waals surface area contributed by atoms with Gasteiger partial charge in [0, 0.05) is 39.1 Å². The quantitative estimate of drug-likeness (QED) is 0.363. The van der Waals surface area contributed by atoms with E-state index in [1.54, 1.807) is 13.2 Å². The van der Waals surface area contributed by atoms with Crippen LogP contribution in [-0.2, 0) is 13.1 Å². The summed E-state index contributed by atoms with van der Waals surface area (Å²) in [4.78, 5) is 6.55. The summed E-state index contributed by atoms with van der Waals surface area (Å²) in [6.07, 6.45) is 3.79. The minimum absolute atomic E-state index is 0. The minimum Gasteiger partial charge on any atom is -0.355 e. The SMILES string of the molecule is CCN(C)CCNC(=NC)NCc1ccccc1Cn1cccn1.I. The van der Waals surface area contributed by atoms with E-state index < -0.39 is 0 Å². The summed E-state index contributed by atoms with van der Waals surface area (Å²) in [5.74, 6) is 0.827. The summed E-state index contributed by atoms with van der Waals surface area (Å²) in [6.45, 7) is 6.59. The number of aliphatic imine (C=N–C) groups is 1. The Hall–Kier alpha value is -1.61. The number of benzene rings is 1. The molecule has 0 fully saturated rings. The molecule has 2 rings (SSSR count). The second-order valence-electron chi connectivity index (χ2n) is 5.72. The molecule has 0 bridgehead atoms. The van der Waals surface area contributed by atoms with Gasteiger partial charge in [-0.15, -0.1) is 24.0 Å². The van der Waals surface area contributed by atoms with Gasteiger partial charge in [-0.3, -0.25) is 9.67 Å². The van der Waals surface area contributed by atoms with Crippen LogP contribution in [0.15, 0.2) is 47.7 Å². The summed E-state index contributed by atoms with van der Waals surface area (Å²) in [7, 11) is 3.91. The normalized spacial score (nSPS) is 11.3. The highest BCUT2D eigenvalue weighted by atomic mass is 127. The van der Waals surface area contributed by atoms with Crippen LogP contribution < -0.4 is 10.6 Å². The number of rotatable bonds is 8. The lowest BCUT2D eigenvalue weighted by Crippen LogP contribution is -2.40. The lowest BCUT2D eigenvalue weighted by atomic mass is 10.1. The zero-order valence-electron chi connectivity index (χ0n) is 15.3. The van der Waals surface area contributed by atoms with E-state index in [0.717, 1.165) is 38.7 Å². The molecule has 25 heavy (non-hydrogen) atoms. The third-order valence-corrected chi connectivity index (χ3v) is 4.01. The Morgan fingerprint density at radius 1 is 1.20 bits per heavy atom. The van der Waals surface area contributed by atoms with Crippen LogP contribution in [0.25, 0.3) is 0 Å². The summed E-state index contributed by atoms with van der Waals surface area (Å²) in [5.41, 5.74) is 2.51. The van der Waals surface area contributed by atoms with Crippen LogP contribution >= 0.6 is 24.0 Å². The Kier molecular flexibility index (Phi) is 10.2. The van der Waals surface area contributed by atoms with E-state index in [0.29, 0.717) is 0 Å². The molecule has 1 heterocycles. The van der Waals surface area contributed by atoms with Gasteiger partial charge in [0.05, 0.1) is 6.54 Å². The predicted octanol–water partition coefficient (Wildman–Crippen LogP) is 2.17. The number of hydrogen-bond donors (Lipinski definition) is 2. The van der Waals surface area contributed by atoms with Gasteiger partial charge in [0.2, 0.25) is 0 Å². The lowest BCUT2D eigenvalue weighted by Gasteiger charge is -2.17. The topological polar surface area (TPSA) is 57.5 Å². The first-order valence-electron chi connectivity index (χ1n) is 8.40. The fourth-order valence-corrected chi connectivity index (χ4v) is 2.38. The highest BCUT2D eigenvalue weighted by Gasteiger charge is 2.05. The average Bonchev–Trinajstić information content (AvgIpc) is 3.12. The Morgan fingerprint density at radius 2 is 1.96 bits per heavy atom. The molecule has 0 saturated heterocycles. The molecule has 138 valence electrons. The minimum atomic E-state index is 0. The first-order valence-corrected chi connectivity index (χ1v) is 8.40. The molecular weight excluding hydrogens is 427 g/mol. The number of likely N-dealkylation sites (N-methyl/N-ethyl adjacent to an activating group) is 1. The molecule has 2 aromatic rings. The van der Waals surface area contributed by atoms with E-state index in [-0.39, 0.29) is 24.0 Å². The van der Waals surface area contributed by atoms with E-state index in [4.69, 9.17) is 0 Å². The summed E-state index contributed by atoms with van der Waals surface area (Å²) >= 11 is 0. The van der Waals surface area contributed by atoms with E-state index in [2.05, 4.69) is 63.9 Å². The molecular formula is C18H29IN6. The van der Waals surface area contributed by atoms with E-state index in [1.807, 2.05) is 16.9 Å². The van der Waals surface area contributed by atoms with Gasteiger partial charge < -0.3 is 15.5 Å². The van der Waals surface area contributed by atoms with Gasteiger partial charge in [-0.1, -0.05) is 31.2 Å². The number of guanidine groups is 1. The molecule has 0 aliphatic rings. The van der Waals surface area contributed by atoms with Gasteiger partial charge in [-0.25, -0.2) is 0 Å². The van der Waals surface area contributed by atoms with Crippen molar-refractivity contribution in [2.45, 2.75) is 20.0 Å². The van der Waals surface area contributed by atoms with Crippen LogP contribution in [0.1, 0.15) is 18.1 Å². The number of aromatic nitrogens is 2. The molecule has 0 saturated carbocycles. The number of hydrogen-bond acceptors (Lipinski definition) is 3. The molecule has 0 radical (unpaired) electrons. The maximum atomic E-state index is 4.29. The molecule has 7 heteroatoms. The maximum absolute atomic E-state index is 4.29. The van der Waals surface area contributed by atoms with Crippen molar-refractivity contribution in [1.29, 1.82) is 0 Å². The molecule has 0 aliphatic carbocycles. The van der Waals surface area contributed by atoms with Crippen molar-refractivity contribution in [2.75, 3.05) is 33.7 Å². The molecule has 2 N–H and O–H groups in total. The van der Waals surface area contributed by atoms with Crippen molar-refractivity contribution in [2.24, 2.45) is 4.99 Å². The highest BCUT2D eigenvalue weighted by Crippen LogP contribution is 2.10.